The van der Waals surface area contributed by atoms with Gasteiger partial charge in [0.05, 0.1) is 24.9 Å². The van der Waals surface area contributed by atoms with Gasteiger partial charge < -0.3 is 14.6 Å². The molecule has 0 bridgehead atoms. The second kappa shape index (κ2) is 4.90. The number of para-hydroxylation sites is 1. The molecule has 0 radical (unpaired) electrons. The minimum absolute atomic E-state index is 0.256. The second-order valence-corrected chi connectivity index (χ2v) is 5.31. The minimum atomic E-state index is -0.852. The van der Waals surface area contributed by atoms with Gasteiger partial charge in [-0.15, -0.1) is 0 Å². The van der Waals surface area contributed by atoms with Crippen LogP contribution in [0.2, 0.25) is 0 Å². The van der Waals surface area contributed by atoms with E-state index in [9.17, 15) is 5.11 Å². The SMILES string of the molecule is CCC1(C)CC(O)(c2ccccc2OC)CCO1. The van der Waals surface area contributed by atoms with Gasteiger partial charge in [0.15, 0.2) is 0 Å². The zero-order valence-electron chi connectivity index (χ0n) is 11.4. The van der Waals surface area contributed by atoms with Crippen LogP contribution in [0.15, 0.2) is 24.3 Å². The minimum Gasteiger partial charge on any atom is -0.496 e. The van der Waals surface area contributed by atoms with Gasteiger partial charge in [-0.2, -0.15) is 0 Å². The monoisotopic (exact) mass is 250 g/mol. The average molecular weight is 250 g/mol. The lowest BCUT2D eigenvalue weighted by molar-refractivity contribution is -0.158. The third-order valence-electron chi connectivity index (χ3n) is 3.99. The molecule has 1 saturated heterocycles. The Bertz CT molecular complexity index is 418. The molecule has 3 heteroatoms. The molecule has 1 aliphatic heterocycles. The maximum Gasteiger partial charge on any atom is 0.124 e. The molecule has 2 rings (SSSR count). The van der Waals surface area contributed by atoms with Gasteiger partial charge in [0, 0.05) is 18.4 Å². The molecule has 1 aromatic rings. The Kier molecular flexibility index (Phi) is 3.64. The summed E-state index contributed by atoms with van der Waals surface area (Å²) in [6.07, 6.45) is 2.12. The van der Waals surface area contributed by atoms with E-state index < -0.39 is 5.60 Å². The van der Waals surface area contributed by atoms with Crippen molar-refractivity contribution in [2.45, 2.75) is 44.3 Å². The first-order chi connectivity index (χ1) is 8.53. The predicted octanol–water partition coefficient (Wildman–Crippen LogP) is 2.86. The summed E-state index contributed by atoms with van der Waals surface area (Å²) in [7, 11) is 1.64. The standard InChI is InChI=1S/C15H22O3/c1-4-14(2)11-15(16,9-10-18-14)12-7-5-6-8-13(12)17-3/h5-8,16H,4,9-11H2,1-3H3. The number of methoxy groups -OCH3 is 1. The molecular formula is C15H22O3. The van der Waals surface area contributed by atoms with Crippen molar-refractivity contribution >= 4 is 0 Å². The zero-order valence-corrected chi connectivity index (χ0v) is 11.4. The van der Waals surface area contributed by atoms with Gasteiger partial charge in [-0.1, -0.05) is 25.1 Å². The number of hydrogen-bond acceptors (Lipinski definition) is 3. The van der Waals surface area contributed by atoms with Crippen molar-refractivity contribution in [2.75, 3.05) is 13.7 Å². The maximum absolute atomic E-state index is 11.0. The summed E-state index contributed by atoms with van der Waals surface area (Å²) in [6.45, 7) is 4.74. The van der Waals surface area contributed by atoms with Gasteiger partial charge in [-0.05, 0) is 19.4 Å². The van der Waals surface area contributed by atoms with Crippen LogP contribution < -0.4 is 4.74 Å². The van der Waals surface area contributed by atoms with E-state index >= 15 is 0 Å². The highest BCUT2D eigenvalue weighted by Gasteiger charge is 2.43. The van der Waals surface area contributed by atoms with Gasteiger partial charge >= 0.3 is 0 Å². The molecule has 18 heavy (non-hydrogen) atoms. The van der Waals surface area contributed by atoms with Crippen LogP contribution in [-0.4, -0.2) is 24.4 Å². The van der Waals surface area contributed by atoms with Crippen molar-refractivity contribution in [2.24, 2.45) is 0 Å². The Morgan fingerprint density at radius 1 is 1.39 bits per heavy atom. The molecule has 0 aliphatic carbocycles. The quantitative estimate of drug-likeness (QED) is 0.896. The van der Waals surface area contributed by atoms with Gasteiger partial charge in [0.1, 0.15) is 5.75 Å². The second-order valence-electron chi connectivity index (χ2n) is 5.31. The van der Waals surface area contributed by atoms with Crippen LogP contribution in [0.25, 0.3) is 0 Å². The Balaban J connectivity index is 2.35. The summed E-state index contributed by atoms with van der Waals surface area (Å²) in [4.78, 5) is 0. The molecule has 1 fully saturated rings. The van der Waals surface area contributed by atoms with E-state index in [0.29, 0.717) is 19.4 Å². The summed E-state index contributed by atoms with van der Waals surface area (Å²) in [6, 6.07) is 7.70. The number of aliphatic hydroxyl groups is 1. The Morgan fingerprint density at radius 2 is 2.11 bits per heavy atom. The van der Waals surface area contributed by atoms with E-state index in [1.54, 1.807) is 7.11 Å². The smallest absolute Gasteiger partial charge is 0.124 e. The summed E-state index contributed by atoms with van der Waals surface area (Å²) in [5.74, 6) is 0.750. The fourth-order valence-electron chi connectivity index (χ4n) is 2.71. The number of benzene rings is 1. The first kappa shape index (κ1) is 13.4. The first-order valence-corrected chi connectivity index (χ1v) is 6.53. The lowest BCUT2D eigenvalue weighted by atomic mass is 9.77. The maximum atomic E-state index is 11.0. The van der Waals surface area contributed by atoms with Crippen LogP contribution in [0.5, 0.6) is 5.75 Å². The molecule has 0 spiro atoms. The summed E-state index contributed by atoms with van der Waals surface area (Å²) < 4.78 is 11.2. The van der Waals surface area contributed by atoms with E-state index in [0.717, 1.165) is 17.7 Å². The average Bonchev–Trinajstić information content (AvgIpc) is 2.38. The molecule has 1 N–H and O–H groups in total. The van der Waals surface area contributed by atoms with Crippen LogP contribution in [0.4, 0.5) is 0 Å². The highest BCUT2D eigenvalue weighted by molar-refractivity contribution is 5.38. The van der Waals surface area contributed by atoms with Crippen LogP contribution in [0, 0.1) is 0 Å². The Morgan fingerprint density at radius 3 is 2.78 bits per heavy atom. The largest absolute Gasteiger partial charge is 0.496 e. The van der Waals surface area contributed by atoms with Gasteiger partial charge in [0.2, 0.25) is 0 Å². The molecule has 1 heterocycles. The Labute approximate surface area is 109 Å². The molecule has 0 amide bonds. The zero-order chi connectivity index (χ0) is 13.2. The van der Waals surface area contributed by atoms with E-state index in [2.05, 4.69) is 13.8 Å². The van der Waals surface area contributed by atoms with Crippen molar-refractivity contribution < 1.29 is 14.6 Å². The Hall–Kier alpha value is -1.06. The molecule has 100 valence electrons. The lowest BCUT2D eigenvalue weighted by Crippen LogP contribution is -2.45. The van der Waals surface area contributed by atoms with Crippen molar-refractivity contribution in [3.05, 3.63) is 29.8 Å². The predicted molar refractivity (Wildman–Crippen MR) is 70.8 cm³/mol. The highest BCUT2D eigenvalue weighted by Crippen LogP contribution is 2.43. The third kappa shape index (κ3) is 2.38. The molecule has 2 atom stereocenters. The molecule has 1 aromatic carbocycles. The first-order valence-electron chi connectivity index (χ1n) is 6.53. The molecule has 0 aromatic heterocycles. The van der Waals surface area contributed by atoms with Crippen molar-refractivity contribution in [3.8, 4) is 5.75 Å². The molecule has 3 nitrogen and oxygen atoms in total. The fraction of sp³-hybridized carbons (Fsp3) is 0.600. The summed E-state index contributed by atoms with van der Waals surface area (Å²) >= 11 is 0. The van der Waals surface area contributed by atoms with Crippen molar-refractivity contribution in [3.63, 3.8) is 0 Å². The molecule has 0 saturated carbocycles. The van der Waals surface area contributed by atoms with E-state index in [4.69, 9.17) is 9.47 Å². The molecule has 2 unspecified atom stereocenters. The topological polar surface area (TPSA) is 38.7 Å². The summed E-state index contributed by atoms with van der Waals surface area (Å²) in [5.41, 5.74) is -0.237. The van der Waals surface area contributed by atoms with Crippen molar-refractivity contribution in [1.29, 1.82) is 0 Å². The molecule has 1 aliphatic rings. The number of rotatable bonds is 3. The third-order valence-corrected chi connectivity index (χ3v) is 3.99. The number of ether oxygens (including phenoxy) is 2. The number of hydrogen-bond donors (Lipinski definition) is 1. The van der Waals surface area contributed by atoms with Gasteiger partial charge in [-0.3, -0.25) is 0 Å². The van der Waals surface area contributed by atoms with Crippen LogP contribution in [0.3, 0.4) is 0 Å². The van der Waals surface area contributed by atoms with Gasteiger partial charge in [0.25, 0.3) is 0 Å². The highest BCUT2D eigenvalue weighted by atomic mass is 16.5. The van der Waals surface area contributed by atoms with Crippen LogP contribution >= 0.6 is 0 Å². The van der Waals surface area contributed by atoms with Crippen molar-refractivity contribution in [1.82, 2.24) is 0 Å². The van der Waals surface area contributed by atoms with E-state index in [1.165, 1.54) is 0 Å². The molecular weight excluding hydrogens is 228 g/mol. The normalized spacial score (nSPS) is 32.2. The van der Waals surface area contributed by atoms with Gasteiger partial charge in [-0.25, -0.2) is 0 Å². The summed E-state index contributed by atoms with van der Waals surface area (Å²) in [5, 5.41) is 11.0. The van der Waals surface area contributed by atoms with Crippen LogP contribution in [-0.2, 0) is 10.3 Å². The van der Waals surface area contributed by atoms with Crippen LogP contribution in [0.1, 0.15) is 38.7 Å². The van der Waals surface area contributed by atoms with E-state index in [1.807, 2.05) is 24.3 Å². The fourth-order valence-corrected chi connectivity index (χ4v) is 2.71. The lowest BCUT2D eigenvalue weighted by Gasteiger charge is -2.43. The van der Waals surface area contributed by atoms with E-state index in [-0.39, 0.29) is 5.60 Å².